The minimum Gasteiger partial charge on any atom is -0.398 e. The van der Waals surface area contributed by atoms with Crippen LogP contribution >= 0.6 is 0 Å². The van der Waals surface area contributed by atoms with Crippen LogP contribution in [0.4, 0.5) is 5.69 Å². The zero-order chi connectivity index (χ0) is 11.1. The smallest absolute Gasteiger partial charge is 0.0359 e. The first-order valence-corrected chi connectivity index (χ1v) is 5.57. The summed E-state index contributed by atoms with van der Waals surface area (Å²) in [5.41, 5.74) is 9.80. The number of nitrogens with one attached hydrogen (secondary N) is 1. The highest BCUT2D eigenvalue weighted by atomic mass is 15.0. The van der Waals surface area contributed by atoms with Gasteiger partial charge in [-0.05, 0) is 30.4 Å². The van der Waals surface area contributed by atoms with Gasteiger partial charge < -0.3 is 11.1 Å². The van der Waals surface area contributed by atoms with E-state index >= 15 is 0 Å². The van der Waals surface area contributed by atoms with Gasteiger partial charge in [0.1, 0.15) is 0 Å². The first-order chi connectivity index (χ1) is 6.99. The van der Waals surface area contributed by atoms with E-state index in [4.69, 9.17) is 5.73 Å². The van der Waals surface area contributed by atoms with Crippen molar-refractivity contribution in [2.24, 2.45) is 5.41 Å². The maximum atomic E-state index is 5.92. The first-order valence-electron chi connectivity index (χ1n) is 5.57. The minimum atomic E-state index is 0.485. The molecule has 1 saturated carbocycles. The minimum absolute atomic E-state index is 0.485. The van der Waals surface area contributed by atoms with E-state index in [-0.39, 0.29) is 0 Å². The lowest BCUT2D eigenvalue weighted by Gasteiger charge is -2.09. The maximum Gasteiger partial charge on any atom is 0.0359 e. The fourth-order valence-corrected chi connectivity index (χ4v) is 1.94. The van der Waals surface area contributed by atoms with Crippen LogP contribution in [0.1, 0.15) is 31.4 Å². The van der Waals surface area contributed by atoms with Crippen LogP contribution < -0.4 is 11.1 Å². The van der Waals surface area contributed by atoms with Crippen molar-refractivity contribution in [2.45, 2.75) is 39.8 Å². The molecule has 1 aliphatic carbocycles. The van der Waals surface area contributed by atoms with Gasteiger partial charge in [-0.3, -0.25) is 0 Å². The van der Waals surface area contributed by atoms with E-state index in [0.717, 1.165) is 12.2 Å². The lowest BCUT2D eigenvalue weighted by atomic mass is 10.1. The molecule has 0 bridgehead atoms. The zero-order valence-corrected chi connectivity index (χ0v) is 9.80. The van der Waals surface area contributed by atoms with Crippen molar-refractivity contribution < 1.29 is 0 Å². The van der Waals surface area contributed by atoms with Gasteiger partial charge >= 0.3 is 0 Å². The number of benzene rings is 1. The second-order valence-corrected chi connectivity index (χ2v) is 5.33. The number of anilines is 1. The number of hydrogen-bond acceptors (Lipinski definition) is 2. The lowest BCUT2D eigenvalue weighted by Crippen LogP contribution is -2.20. The van der Waals surface area contributed by atoms with E-state index in [2.05, 4.69) is 38.2 Å². The lowest BCUT2D eigenvalue weighted by molar-refractivity contribution is 0.542. The highest BCUT2D eigenvalue weighted by molar-refractivity contribution is 5.48. The highest BCUT2D eigenvalue weighted by Crippen LogP contribution is 2.44. The number of nitrogens with two attached hydrogens (primary N) is 1. The molecular formula is C13H20N2. The van der Waals surface area contributed by atoms with Crippen LogP contribution in [0.3, 0.4) is 0 Å². The summed E-state index contributed by atoms with van der Waals surface area (Å²) in [6, 6.07) is 6.87. The Hall–Kier alpha value is -1.02. The molecule has 0 radical (unpaired) electrons. The Balaban J connectivity index is 1.96. The summed E-state index contributed by atoms with van der Waals surface area (Å²) in [4.78, 5) is 0. The molecule has 1 unspecified atom stereocenters. The highest BCUT2D eigenvalue weighted by Gasteiger charge is 2.44. The van der Waals surface area contributed by atoms with Gasteiger partial charge in [-0.2, -0.15) is 0 Å². The van der Waals surface area contributed by atoms with E-state index in [0.29, 0.717) is 11.5 Å². The monoisotopic (exact) mass is 204 g/mol. The van der Waals surface area contributed by atoms with E-state index in [1.54, 1.807) is 0 Å². The van der Waals surface area contributed by atoms with E-state index < -0.39 is 0 Å². The topological polar surface area (TPSA) is 38.0 Å². The predicted octanol–water partition coefficient (Wildman–Crippen LogP) is 2.47. The molecule has 0 saturated heterocycles. The van der Waals surface area contributed by atoms with Crippen LogP contribution in [-0.4, -0.2) is 6.04 Å². The molecule has 2 heteroatoms. The number of nitrogen functional groups attached to an aromatic ring is 1. The normalized spacial score (nSPS) is 22.7. The quantitative estimate of drug-likeness (QED) is 0.742. The van der Waals surface area contributed by atoms with Gasteiger partial charge in [-0.15, -0.1) is 0 Å². The van der Waals surface area contributed by atoms with Gasteiger partial charge in [0.05, 0.1) is 0 Å². The summed E-state index contributed by atoms with van der Waals surface area (Å²) in [5.74, 6) is 0. The fourth-order valence-electron chi connectivity index (χ4n) is 1.94. The maximum absolute atomic E-state index is 5.92. The summed E-state index contributed by atoms with van der Waals surface area (Å²) < 4.78 is 0. The predicted molar refractivity (Wildman–Crippen MR) is 64.6 cm³/mol. The van der Waals surface area contributed by atoms with Crippen molar-refractivity contribution in [2.75, 3.05) is 5.73 Å². The molecule has 2 nitrogen and oxygen atoms in total. The van der Waals surface area contributed by atoms with Gasteiger partial charge in [0, 0.05) is 18.3 Å². The number of hydrogen-bond donors (Lipinski definition) is 2. The standard InChI is InChI=1S/C13H20N2/c1-9-4-5-11(14)10(6-9)8-15-12-7-13(12,2)3/h4-6,12,15H,7-8,14H2,1-3H3. The Morgan fingerprint density at radius 2 is 2.13 bits per heavy atom. The van der Waals surface area contributed by atoms with Crippen molar-refractivity contribution in [1.82, 2.24) is 5.32 Å². The summed E-state index contributed by atoms with van der Waals surface area (Å²) in [6.45, 7) is 7.58. The van der Waals surface area contributed by atoms with Gasteiger partial charge in [0.2, 0.25) is 0 Å². The molecule has 15 heavy (non-hydrogen) atoms. The molecule has 1 fully saturated rings. The van der Waals surface area contributed by atoms with E-state index in [9.17, 15) is 0 Å². The third-order valence-corrected chi connectivity index (χ3v) is 3.35. The van der Waals surface area contributed by atoms with Gasteiger partial charge in [-0.25, -0.2) is 0 Å². The van der Waals surface area contributed by atoms with Crippen molar-refractivity contribution in [3.63, 3.8) is 0 Å². The molecular weight excluding hydrogens is 184 g/mol. The molecule has 0 amide bonds. The van der Waals surface area contributed by atoms with Gasteiger partial charge in [0.25, 0.3) is 0 Å². The summed E-state index contributed by atoms with van der Waals surface area (Å²) in [6.07, 6.45) is 1.28. The van der Waals surface area contributed by atoms with E-state index in [1.807, 2.05) is 6.07 Å². The average molecular weight is 204 g/mol. The fraction of sp³-hybridized carbons (Fsp3) is 0.538. The number of rotatable bonds is 3. The Morgan fingerprint density at radius 3 is 2.73 bits per heavy atom. The molecule has 82 valence electrons. The second-order valence-electron chi connectivity index (χ2n) is 5.33. The SMILES string of the molecule is Cc1ccc(N)c(CNC2CC2(C)C)c1. The summed E-state index contributed by atoms with van der Waals surface area (Å²) in [5, 5.41) is 3.55. The van der Waals surface area contributed by atoms with Crippen LogP contribution in [0.5, 0.6) is 0 Å². The van der Waals surface area contributed by atoms with Crippen molar-refractivity contribution in [3.05, 3.63) is 29.3 Å². The molecule has 1 aromatic rings. The Bertz CT molecular complexity index is 369. The van der Waals surface area contributed by atoms with Gasteiger partial charge in [-0.1, -0.05) is 31.5 Å². The van der Waals surface area contributed by atoms with E-state index in [1.165, 1.54) is 17.5 Å². The van der Waals surface area contributed by atoms with Crippen LogP contribution in [0.25, 0.3) is 0 Å². The van der Waals surface area contributed by atoms with Gasteiger partial charge in [0.15, 0.2) is 0 Å². The number of aryl methyl sites for hydroxylation is 1. The molecule has 0 aliphatic heterocycles. The summed E-state index contributed by atoms with van der Waals surface area (Å²) >= 11 is 0. The third kappa shape index (κ3) is 2.32. The molecule has 0 spiro atoms. The molecule has 0 aromatic heterocycles. The first kappa shape index (κ1) is 10.5. The van der Waals surface area contributed by atoms with Crippen LogP contribution in [0.15, 0.2) is 18.2 Å². The largest absolute Gasteiger partial charge is 0.398 e. The molecule has 3 N–H and O–H groups in total. The second kappa shape index (κ2) is 3.53. The molecule has 2 rings (SSSR count). The molecule has 0 heterocycles. The third-order valence-electron chi connectivity index (χ3n) is 3.35. The van der Waals surface area contributed by atoms with Crippen molar-refractivity contribution in [1.29, 1.82) is 0 Å². The van der Waals surface area contributed by atoms with Crippen molar-refractivity contribution >= 4 is 5.69 Å². The van der Waals surface area contributed by atoms with Crippen LogP contribution in [0, 0.1) is 12.3 Å². The summed E-state index contributed by atoms with van der Waals surface area (Å²) in [7, 11) is 0. The van der Waals surface area contributed by atoms with Crippen molar-refractivity contribution in [3.8, 4) is 0 Å². The molecule has 1 aliphatic rings. The molecule has 1 aromatic carbocycles. The van der Waals surface area contributed by atoms with Crippen LogP contribution in [-0.2, 0) is 6.54 Å². The Labute approximate surface area is 91.9 Å². The Kier molecular flexibility index (Phi) is 2.47. The molecule has 1 atom stereocenters. The van der Waals surface area contributed by atoms with Crippen LogP contribution in [0.2, 0.25) is 0 Å². The zero-order valence-electron chi connectivity index (χ0n) is 9.80. The average Bonchev–Trinajstić information content (AvgIpc) is 2.76. The Morgan fingerprint density at radius 1 is 1.47 bits per heavy atom.